The van der Waals surface area contributed by atoms with Crippen molar-refractivity contribution in [2.75, 3.05) is 13.7 Å². The van der Waals surface area contributed by atoms with Crippen molar-refractivity contribution in [2.24, 2.45) is 0 Å². The molecule has 0 amide bonds. The molecule has 0 aliphatic rings. The van der Waals surface area contributed by atoms with Gasteiger partial charge in [0.2, 0.25) is 0 Å². The van der Waals surface area contributed by atoms with Crippen LogP contribution in [0.1, 0.15) is 36.2 Å². The van der Waals surface area contributed by atoms with E-state index in [1.54, 1.807) is 13.0 Å². The largest absolute Gasteiger partial charge is 0.478 e. The van der Waals surface area contributed by atoms with E-state index in [0.717, 1.165) is 0 Å². The third-order valence-electron chi connectivity index (χ3n) is 3.28. The van der Waals surface area contributed by atoms with Crippen molar-refractivity contribution in [2.45, 2.75) is 36.8 Å². The van der Waals surface area contributed by atoms with Crippen molar-refractivity contribution in [1.29, 1.82) is 0 Å². The molecule has 1 aromatic rings. The third-order valence-corrected chi connectivity index (χ3v) is 5.49. The van der Waals surface area contributed by atoms with Crippen LogP contribution >= 0.6 is 0 Å². The van der Waals surface area contributed by atoms with Crippen LogP contribution in [-0.4, -0.2) is 38.5 Å². The number of aryl methyl sites for hydroxylation is 1. The lowest BCUT2D eigenvalue weighted by atomic mass is 10.1. The summed E-state index contributed by atoms with van der Waals surface area (Å²) in [5, 5.41) is 8.54. The van der Waals surface area contributed by atoms with Gasteiger partial charge in [-0.15, -0.1) is 0 Å². The number of carbonyl (C=O) groups is 1. The number of aromatic carboxylic acids is 1. The molecule has 0 bridgehead atoms. The quantitative estimate of drug-likeness (QED) is 0.834. The molecule has 112 valence electrons. The minimum atomic E-state index is -3.54. The second kappa shape index (κ2) is 6.85. The van der Waals surface area contributed by atoms with Crippen LogP contribution in [0.25, 0.3) is 0 Å². The molecule has 0 aromatic heterocycles. The molecular weight excluding hydrogens is 280 g/mol. The predicted molar refractivity (Wildman–Crippen MR) is 75.9 cm³/mol. The van der Waals surface area contributed by atoms with Gasteiger partial charge in [0.05, 0.1) is 15.7 Å². The minimum absolute atomic E-state index is 0.0486. The first-order valence-corrected chi connectivity index (χ1v) is 7.98. The summed E-state index contributed by atoms with van der Waals surface area (Å²) >= 11 is 0. The van der Waals surface area contributed by atoms with E-state index in [1.165, 1.54) is 19.2 Å². The summed E-state index contributed by atoms with van der Waals surface area (Å²) in [6.07, 6.45) is 0.915. The summed E-state index contributed by atoms with van der Waals surface area (Å²) < 4.78 is 29.6. The molecule has 0 saturated carbocycles. The molecule has 1 unspecified atom stereocenters. The zero-order valence-electron chi connectivity index (χ0n) is 11.9. The minimum Gasteiger partial charge on any atom is -0.478 e. The second-order valence-corrected chi connectivity index (χ2v) is 6.98. The summed E-state index contributed by atoms with van der Waals surface area (Å²) in [6.45, 7) is 3.78. The van der Waals surface area contributed by atoms with E-state index in [-0.39, 0.29) is 10.5 Å². The van der Waals surface area contributed by atoms with E-state index in [9.17, 15) is 13.2 Å². The first-order valence-electron chi connectivity index (χ1n) is 6.43. The summed E-state index contributed by atoms with van der Waals surface area (Å²) in [4.78, 5) is 11.2. The highest BCUT2D eigenvalue weighted by molar-refractivity contribution is 7.92. The first kappa shape index (κ1) is 16.7. The van der Waals surface area contributed by atoms with Crippen LogP contribution in [0.5, 0.6) is 0 Å². The molecule has 0 saturated heterocycles. The Hall–Kier alpha value is -1.40. The number of hydrogen-bond donors (Lipinski definition) is 1. The van der Waals surface area contributed by atoms with Crippen LogP contribution in [0.15, 0.2) is 23.1 Å². The number of hydrogen-bond acceptors (Lipinski definition) is 4. The smallest absolute Gasteiger partial charge is 0.336 e. The van der Waals surface area contributed by atoms with Crippen LogP contribution < -0.4 is 0 Å². The molecule has 1 N–H and O–H groups in total. The van der Waals surface area contributed by atoms with Crippen molar-refractivity contribution in [3.8, 4) is 0 Å². The zero-order chi connectivity index (χ0) is 15.3. The van der Waals surface area contributed by atoms with Gasteiger partial charge < -0.3 is 9.84 Å². The number of benzene rings is 1. The van der Waals surface area contributed by atoms with E-state index in [1.807, 2.05) is 6.92 Å². The number of carboxylic acids is 1. The topological polar surface area (TPSA) is 80.7 Å². The maximum Gasteiger partial charge on any atom is 0.336 e. The number of ether oxygens (including phenoxy) is 1. The van der Waals surface area contributed by atoms with Crippen molar-refractivity contribution in [1.82, 2.24) is 0 Å². The highest BCUT2D eigenvalue weighted by Crippen LogP contribution is 2.22. The molecule has 5 nitrogen and oxygen atoms in total. The fourth-order valence-electron chi connectivity index (χ4n) is 1.91. The number of sulfone groups is 1. The maximum atomic E-state index is 12.4. The SMILES string of the molecule is CCc1ccc(S(=O)(=O)C(C)CCOC)cc1C(=O)O. The van der Waals surface area contributed by atoms with Crippen LogP contribution in [0.4, 0.5) is 0 Å². The first-order chi connectivity index (χ1) is 9.34. The Morgan fingerprint density at radius 3 is 2.55 bits per heavy atom. The van der Waals surface area contributed by atoms with Gasteiger partial charge in [0.25, 0.3) is 0 Å². The lowest BCUT2D eigenvalue weighted by Gasteiger charge is -2.14. The maximum absolute atomic E-state index is 12.4. The highest BCUT2D eigenvalue weighted by Gasteiger charge is 2.24. The number of carboxylic acid groups (broad SMARTS) is 1. The highest BCUT2D eigenvalue weighted by atomic mass is 32.2. The Morgan fingerprint density at radius 1 is 1.40 bits per heavy atom. The van der Waals surface area contributed by atoms with Gasteiger partial charge >= 0.3 is 5.97 Å². The van der Waals surface area contributed by atoms with E-state index in [4.69, 9.17) is 9.84 Å². The Bertz CT molecular complexity index is 577. The molecule has 0 radical (unpaired) electrons. The third kappa shape index (κ3) is 3.58. The van der Waals surface area contributed by atoms with Crippen LogP contribution in [0.3, 0.4) is 0 Å². The van der Waals surface area contributed by atoms with E-state index in [2.05, 4.69) is 0 Å². The van der Waals surface area contributed by atoms with Crippen molar-refractivity contribution >= 4 is 15.8 Å². The summed E-state index contributed by atoms with van der Waals surface area (Å²) in [5.74, 6) is -1.11. The van der Waals surface area contributed by atoms with Gasteiger partial charge in [0.1, 0.15) is 0 Å². The molecule has 0 fully saturated rings. The zero-order valence-corrected chi connectivity index (χ0v) is 12.7. The summed E-state index contributed by atoms with van der Waals surface area (Å²) in [6, 6.07) is 4.29. The van der Waals surface area contributed by atoms with Crippen LogP contribution in [-0.2, 0) is 21.0 Å². The molecule has 1 rings (SSSR count). The van der Waals surface area contributed by atoms with Gasteiger partial charge in [-0.2, -0.15) is 0 Å². The van der Waals surface area contributed by atoms with Crippen molar-refractivity contribution < 1.29 is 23.1 Å². The van der Waals surface area contributed by atoms with Gasteiger partial charge in [-0.1, -0.05) is 13.0 Å². The monoisotopic (exact) mass is 300 g/mol. The molecule has 20 heavy (non-hydrogen) atoms. The Morgan fingerprint density at radius 2 is 2.05 bits per heavy atom. The van der Waals surface area contributed by atoms with Gasteiger partial charge in [-0.25, -0.2) is 13.2 Å². The lowest BCUT2D eigenvalue weighted by Crippen LogP contribution is -2.20. The fraction of sp³-hybridized carbons (Fsp3) is 0.500. The molecule has 1 aromatic carbocycles. The average molecular weight is 300 g/mol. The van der Waals surface area contributed by atoms with Gasteiger partial charge in [0.15, 0.2) is 9.84 Å². The molecule has 1 atom stereocenters. The number of methoxy groups -OCH3 is 1. The Labute approximate surface area is 119 Å². The normalized spacial score (nSPS) is 13.2. The molecule has 0 heterocycles. The van der Waals surface area contributed by atoms with E-state index < -0.39 is 21.1 Å². The molecular formula is C14H20O5S. The second-order valence-electron chi connectivity index (χ2n) is 4.61. The van der Waals surface area contributed by atoms with Crippen molar-refractivity contribution in [3.63, 3.8) is 0 Å². The Balaban J connectivity index is 3.19. The summed E-state index contributed by atoms with van der Waals surface area (Å²) in [7, 11) is -2.02. The van der Waals surface area contributed by atoms with Gasteiger partial charge in [-0.05, 0) is 37.5 Å². The van der Waals surface area contributed by atoms with Gasteiger partial charge in [-0.3, -0.25) is 0 Å². The summed E-state index contributed by atoms with van der Waals surface area (Å²) in [5.41, 5.74) is 0.675. The van der Waals surface area contributed by atoms with E-state index >= 15 is 0 Å². The predicted octanol–water partition coefficient (Wildman–Crippen LogP) is 2.15. The number of rotatable bonds is 7. The van der Waals surface area contributed by atoms with Crippen molar-refractivity contribution in [3.05, 3.63) is 29.3 Å². The Kier molecular flexibility index (Phi) is 5.71. The van der Waals surface area contributed by atoms with Gasteiger partial charge in [0, 0.05) is 13.7 Å². The molecule has 0 aliphatic heterocycles. The molecule has 6 heteroatoms. The van der Waals surface area contributed by atoms with E-state index in [0.29, 0.717) is 25.0 Å². The molecule has 0 aliphatic carbocycles. The van der Waals surface area contributed by atoms with Crippen LogP contribution in [0, 0.1) is 0 Å². The molecule has 0 spiro atoms. The fourth-order valence-corrected chi connectivity index (χ4v) is 3.32. The average Bonchev–Trinajstić information content (AvgIpc) is 2.43. The van der Waals surface area contributed by atoms with Crippen LogP contribution in [0.2, 0.25) is 0 Å². The standard InChI is InChI=1S/C14H20O5S/c1-4-11-5-6-12(9-13(11)14(15)16)20(17,18)10(2)7-8-19-3/h5-6,9-10H,4,7-8H2,1-3H3,(H,15,16). The lowest BCUT2D eigenvalue weighted by molar-refractivity contribution is 0.0695.